The smallest absolute Gasteiger partial charge is 0.264 e. The number of piperazine rings is 1. The summed E-state index contributed by atoms with van der Waals surface area (Å²) in [5, 5.41) is -0.648. The van der Waals surface area contributed by atoms with Gasteiger partial charge in [0.25, 0.3) is 10.0 Å². The number of aromatic nitrogens is 1. The second-order valence-electron chi connectivity index (χ2n) is 5.15. The summed E-state index contributed by atoms with van der Waals surface area (Å²) in [6.45, 7) is 3.37. The van der Waals surface area contributed by atoms with Crippen LogP contribution in [0.4, 0.5) is 4.39 Å². The van der Waals surface area contributed by atoms with Gasteiger partial charge in [0.05, 0.1) is 0 Å². The van der Waals surface area contributed by atoms with E-state index in [0.29, 0.717) is 0 Å². The van der Waals surface area contributed by atoms with Crippen molar-refractivity contribution in [3.05, 3.63) is 24.1 Å². The fraction of sp³-hybridized carbons (Fsp3) is 0.500. The third-order valence-corrected chi connectivity index (χ3v) is 5.40. The highest BCUT2D eigenvalue weighted by molar-refractivity contribution is 7.89. The highest BCUT2D eigenvalue weighted by Gasteiger charge is 2.48. The summed E-state index contributed by atoms with van der Waals surface area (Å²) in [4.78, 5) is 17.2. The first-order chi connectivity index (χ1) is 9.19. The van der Waals surface area contributed by atoms with Crippen molar-refractivity contribution >= 4 is 15.9 Å². The van der Waals surface area contributed by atoms with Gasteiger partial charge in [-0.2, -0.15) is 4.31 Å². The van der Waals surface area contributed by atoms with Crippen molar-refractivity contribution in [2.24, 2.45) is 0 Å². The van der Waals surface area contributed by atoms with Gasteiger partial charge in [0, 0.05) is 26.3 Å². The fourth-order valence-corrected chi connectivity index (χ4v) is 4.00. The minimum Gasteiger partial charge on any atom is -0.343 e. The molecule has 1 fully saturated rings. The Morgan fingerprint density at radius 1 is 1.35 bits per heavy atom. The maximum Gasteiger partial charge on any atom is 0.264 e. The van der Waals surface area contributed by atoms with Crippen LogP contribution in [0.15, 0.2) is 23.4 Å². The molecule has 1 aromatic heterocycles. The maximum atomic E-state index is 13.7. The second-order valence-corrected chi connectivity index (χ2v) is 6.93. The van der Waals surface area contributed by atoms with Crippen LogP contribution in [0.5, 0.6) is 0 Å². The molecule has 1 aliphatic heterocycles. The molecule has 0 atom stereocenters. The van der Waals surface area contributed by atoms with Crippen LogP contribution < -0.4 is 0 Å². The van der Waals surface area contributed by atoms with Gasteiger partial charge in [-0.25, -0.2) is 17.8 Å². The van der Waals surface area contributed by atoms with Gasteiger partial charge >= 0.3 is 0 Å². The summed E-state index contributed by atoms with van der Waals surface area (Å²) >= 11 is 0. The summed E-state index contributed by atoms with van der Waals surface area (Å²) in [6.07, 6.45) is 1.21. The molecule has 0 N–H and O–H groups in total. The lowest BCUT2D eigenvalue weighted by Crippen LogP contribution is -2.63. The van der Waals surface area contributed by atoms with E-state index in [1.165, 1.54) is 31.0 Å². The fourth-order valence-electron chi connectivity index (χ4n) is 2.28. The van der Waals surface area contributed by atoms with E-state index in [2.05, 4.69) is 4.98 Å². The molecule has 110 valence electrons. The van der Waals surface area contributed by atoms with Gasteiger partial charge in [-0.05, 0) is 26.0 Å². The van der Waals surface area contributed by atoms with Crippen molar-refractivity contribution in [1.29, 1.82) is 0 Å². The highest BCUT2D eigenvalue weighted by Crippen LogP contribution is 2.28. The second kappa shape index (κ2) is 4.78. The van der Waals surface area contributed by atoms with E-state index in [-0.39, 0.29) is 19.0 Å². The minimum atomic E-state index is -4.16. The molecule has 0 saturated carbocycles. The first kappa shape index (κ1) is 14.9. The van der Waals surface area contributed by atoms with Crippen LogP contribution in [-0.2, 0) is 14.8 Å². The van der Waals surface area contributed by atoms with Gasteiger partial charge in [-0.1, -0.05) is 0 Å². The molecule has 1 aromatic rings. The van der Waals surface area contributed by atoms with Crippen LogP contribution in [-0.4, -0.2) is 54.2 Å². The van der Waals surface area contributed by atoms with Crippen molar-refractivity contribution in [2.45, 2.75) is 24.4 Å². The van der Waals surface area contributed by atoms with Crippen molar-refractivity contribution in [1.82, 2.24) is 14.2 Å². The quantitative estimate of drug-likeness (QED) is 0.796. The number of carbonyl (C=O) groups excluding carboxylic acids is 1. The van der Waals surface area contributed by atoms with Gasteiger partial charge in [0.15, 0.2) is 5.82 Å². The average molecular weight is 301 g/mol. The molecule has 0 spiro atoms. The monoisotopic (exact) mass is 301 g/mol. The normalized spacial score (nSPS) is 20.2. The molecule has 1 aliphatic rings. The molecule has 20 heavy (non-hydrogen) atoms. The summed E-state index contributed by atoms with van der Waals surface area (Å²) in [7, 11) is -2.55. The third-order valence-electron chi connectivity index (χ3n) is 3.39. The molecule has 0 bridgehead atoms. The number of likely N-dealkylation sites (N-methyl/N-ethyl adjacent to an activating group) is 1. The predicted octanol–water partition coefficient (Wildman–Crippen LogP) is 0.462. The zero-order valence-corrected chi connectivity index (χ0v) is 12.3. The zero-order chi connectivity index (χ0) is 15.1. The van der Waals surface area contributed by atoms with Crippen molar-refractivity contribution in [3.63, 3.8) is 0 Å². The number of carbonyl (C=O) groups is 1. The van der Waals surface area contributed by atoms with Crippen LogP contribution >= 0.6 is 0 Å². The lowest BCUT2D eigenvalue weighted by Gasteiger charge is -2.43. The van der Waals surface area contributed by atoms with Crippen LogP contribution in [0, 0.1) is 5.82 Å². The van der Waals surface area contributed by atoms with E-state index >= 15 is 0 Å². The molecule has 0 aliphatic carbocycles. The predicted molar refractivity (Wildman–Crippen MR) is 69.8 cm³/mol. The maximum absolute atomic E-state index is 13.7. The molecule has 8 heteroatoms. The number of nitrogens with zero attached hydrogens (tertiary/aromatic N) is 3. The van der Waals surface area contributed by atoms with Gasteiger partial charge in [-0.3, -0.25) is 4.79 Å². The van der Waals surface area contributed by atoms with E-state index < -0.39 is 26.4 Å². The van der Waals surface area contributed by atoms with Gasteiger partial charge < -0.3 is 4.90 Å². The average Bonchev–Trinajstić information content (AvgIpc) is 2.36. The Hall–Kier alpha value is -1.54. The van der Waals surface area contributed by atoms with Gasteiger partial charge in [0.2, 0.25) is 10.9 Å². The van der Waals surface area contributed by atoms with E-state index in [9.17, 15) is 17.6 Å². The molecule has 2 rings (SSSR count). The third kappa shape index (κ3) is 2.18. The number of amides is 1. The lowest BCUT2D eigenvalue weighted by molar-refractivity contribution is -0.142. The van der Waals surface area contributed by atoms with Crippen molar-refractivity contribution in [2.75, 3.05) is 20.1 Å². The Morgan fingerprint density at radius 2 is 2.00 bits per heavy atom. The molecule has 2 heterocycles. The number of hydrogen-bond donors (Lipinski definition) is 0. The molecular weight excluding hydrogens is 285 g/mol. The van der Waals surface area contributed by atoms with E-state index in [0.717, 1.165) is 10.4 Å². The summed E-state index contributed by atoms with van der Waals surface area (Å²) in [6, 6.07) is 2.35. The highest BCUT2D eigenvalue weighted by atomic mass is 32.2. The van der Waals surface area contributed by atoms with E-state index in [1.54, 1.807) is 7.05 Å². The number of rotatable bonds is 2. The number of hydrogen-bond acceptors (Lipinski definition) is 4. The molecule has 1 saturated heterocycles. The van der Waals surface area contributed by atoms with E-state index in [4.69, 9.17) is 0 Å². The van der Waals surface area contributed by atoms with Crippen LogP contribution in [0.3, 0.4) is 0 Å². The molecule has 0 unspecified atom stereocenters. The topological polar surface area (TPSA) is 70.6 Å². The first-order valence-corrected chi connectivity index (χ1v) is 7.52. The van der Waals surface area contributed by atoms with Crippen molar-refractivity contribution in [3.8, 4) is 0 Å². The van der Waals surface area contributed by atoms with Crippen LogP contribution in [0.2, 0.25) is 0 Å². The van der Waals surface area contributed by atoms with Gasteiger partial charge in [0.1, 0.15) is 5.54 Å². The Bertz CT molecular complexity index is 645. The Labute approximate surface area is 117 Å². The number of sulfonamides is 1. The Balaban J connectivity index is 2.50. The minimum absolute atomic E-state index is 0.105. The molecular formula is C12H16FN3O3S. The molecule has 6 nitrogen and oxygen atoms in total. The molecule has 1 amide bonds. The summed E-state index contributed by atoms with van der Waals surface area (Å²) < 4.78 is 39.8. The Kier molecular flexibility index (Phi) is 3.55. The van der Waals surface area contributed by atoms with Crippen molar-refractivity contribution < 1.29 is 17.6 Å². The van der Waals surface area contributed by atoms with Crippen LogP contribution in [0.25, 0.3) is 0 Å². The van der Waals surface area contributed by atoms with Crippen LogP contribution in [0.1, 0.15) is 13.8 Å². The number of pyridine rings is 1. The van der Waals surface area contributed by atoms with E-state index in [1.807, 2.05) is 0 Å². The SMILES string of the molecule is CN1CCN(S(=O)(=O)c2ncccc2F)C(C)(C)C1=O. The number of halogens is 1. The summed E-state index contributed by atoms with van der Waals surface area (Å²) in [5.74, 6) is -1.25. The largest absolute Gasteiger partial charge is 0.343 e. The first-order valence-electron chi connectivity index (χ1n) is 6.08. The van der Waals surface area contributed by atoms with Gasteiger partial charge in [-0.15, -0.1) is 0 Å². The zero-order valence-electron chi connectivity index (χ0n) is 11.5. The lowest BCUT2D eigenvalue weighted by atomic mass is 10.0. The summed E-state index contributed by atoms with van der Waals surface area (Å²) in [5.41, 5.74) is -1.27. The molecule has 0 radical (unpaired) electrons. The Morgan fingerprint density at radius 3 is 2.60 bits per heavy atom. The molecule has 0 aromatic carbocycles. The standard InChI is InChI=1S/C12H16FN3O3S/c1-12(2)11(17)15(3)7-8-16(12)20(18,19)10-9(13)5-4-6-14-10/h4-6H,7-8H2,1-3H3.